The van der Waals surface area contributed by atoms with E-state index in [9.17, 15) is 13.2 Å². The highest BCUT2D eigenvalue weighted by Crippen LogP contribution is 1.97. The predicted octanol–water partition coefficient (Wildman–Crippen LogP) is 0.208. The van der Waals surface area contributed by atoms with Gasteiger partial charge in [0.05, 0.1) is 6.54 Å². The van der Waals surface area contributed by atoms with E-state index in [1.165, 1.54) is 0 Å². The fourth-order valence-electron chi connectivity index (χ4n) is 0.627. The van der Waals surface area contributed by atoms with E-state index in [1.807, 2.05) is 0 Å². The lowest BCUT2D eigenvalue weighted by molar-refractivity contribution is 0.586. The van der Waals surface area contributed by atoms with Crippen molar-refractivity contribution in [3.63, 3.8) is 0 Å². The minimum atomic E-state index is -3.26. The Labute approximate surface area is 87.4 Å². The molecule has 0 fully saturated rings. The summed E-state index contributed by atoms with van der Waals surface area (Å²) in [6.45, 7) is 0.118. The molecule has 5 nitrogen and oxygen atoms in total. The standard InChI is InChI=1S/C5H7BrN2O3S2/c6-3-13(10,11)7-1-4-2-12-5(9)8-4/h2,7H,1,3H2,(H,8,9). The molecule has 1 heterocycles. The highest BCUT2D eigenvalue weighted by atomic mass is 79.9. The minimum absolute atomic E-state index is 0.118. The molecule has 1 aromatic heterocycles. The van der Waals surface area contributed by atoms with Crippen LogP contribution in [0.3, 0.4) is 0 Å². The molecule has 0 radical (unpaired) electrons. The molecule has 8 heteroatoms. The second-order valence-corrected chi connectivity index (χ2v) is 6.17. The zero-order valence-electron chi connectivity index (χ0n) is 6.41. The Morgan fingerprint density at radius 2 is 2.31 bits per heavy atom. The number of H-pyrrole nitrogens is 1. The van der Waals surface area contributed by atoms with Gasteiger partial charge in [-0.25, -0.2) is 13.1 Å². The van der Waals surface area contributed by atoms with Gasteiger partial charge in [0.15, 0.2) is 0 Å². The van der Waals surface area contributed by atoms with Crippen molar-refractivity contribution in [3.8, 4) is 0 Å². The first-order valence-electron chi connectivity index (χ1n) is 3.23. The quantitative estimate of drug-likeness (QED) is 0.777. The molecular weight excluding hydrogens is 280 g/mol. The van der Waals surface area contributed by atoms with Crippen LogP contribution >= 0.6 is 27.3 Å². The fourth-order valence-corrected chi connectivity index (χ4v) is 2.15. The number of thiazole rings is 1. The van der Waals surface area contributed by atoms with Crippen LogP contribution in [0.2, 0.25) is 0 Å². The third-order valence-electron chi connectivity index (χ3n) is 1.20. The van der Waals surface area contributed by atoms with Gasteiger partial charge < -0.3 is 4.98 Å². The number of rotatable bonds is 4. The normalized spacial score (nSPS) is 11.8. The third kappa shape index (κ3) is 3.59. The number of aromatic amines is 1. The smallest absolute Gasteiger partial charge is 0.304 e. The van der Waals surface area contributed by atoms with Crippen molar-refractivity contribution < 1.29 is 8.42 Å². The van der Waals surface area contributed by atoms with E-state index >= 15 is 0 Å². The Bertz CT molecular complexity index is 421. The molecule has 0 aliphatic carbocycles. The average Bonchev–Trinajstić information content (AvgIpc) is 2.48. The van der Waals surface area contributed by atoms with Gasteiger partial charge in [0.25, 0.3) is 0 Å². The van der Waals surface area contributed by atoms with E-state index in [1.54, 1.807) is 5.38 Å². The lowest BCUT2D eigenvalue weighted by Crippen LogP contribution is -2.24. The van der Waals surface area contributed by atoms with Gasteiger partial charge in [-0.2, -0.15) is 0 Å². The van der Waals surface area contributed by atoms with Crippen LogP contribution in [0.5, 0.6) is 0 Å². The largest absolute Gasteiger partial charge is 0.315 e. The van der Waals surface area contributed by atoms with E-state index in [0.717, 1.165) is 11.3 Å². The topological polar surface area (TPSA) is 79.0 Å². The monoisotopic (exact) mass is 286 g/mol. The maximum Gasteiger partial charge on any atom is 0.304 e. The highest BCUT2D eigenvalue weighted by Gasteiger charge is 2.07. The first-order chi connectivity index (χ1) is 6.03. The summed E-state index contributed by atoms with van der Waals surface area (Å²) in [4.78, 5) is 13.0. The Morgan fingerprint density at radius 1 is 1.62 bits per heavy atom. The average molecular weight is 287 g/mol. The molecule has 0 saturated heterocycles. The number of aromatic nitrogens is 1. The molecule has 0 bridgehead atoms. The van der Waals surface area contributed by atoms with E-state index < -0.39 is 10.0 Å². The molecule has 0 amide bonds. The Balaban J connectivity index is 2.58. The number of nitrogens with one attached hydrogen (secondary N) is 2. The number of alkyl halides is 1. The van der Waals surface area contributed by atoms with Gasteiger partial charge >= 0.3 is 4.87 Å². The summed E-state index contributed by atoms with van der Waals surface area (Å²) >= 11 is 3.83. The highest BCUT2D eigenvalue weighted by molar-refractivity contribution is 9.10. The van der Waals surface area contributed by atoms with Crippen molar-refractivity contribution in [1.29, 1.82) is 0 Å². The molecule has 0 saturated carbocycles. The predicted molar refractivity (Wildman–Crippen MR) is 54.5 cm³/mol. The molecule has 0 aromatic carbocycles. The second-order valence-electron chi connectivity index (χ2n) is 2.22. The van der Waals surface area contributed by atoms with E-state index in [4.69, 9.17) is 0 Å². The van der Waals surface area contributed by atoms with Crippen LogP contribution in [-0.4, -0.2) is 18.1 Å². The van der Waals surface area contributed by atoms with Gasteiger partial charge in [-0.3, -0.25) is 4.79 Å². The van der Waals surface area contributed by atoms with Crippen LogP contribution in [0.1, 0.15) is 5.69 Å². The SMILES string of the molecule is O=c1[nH]c(CNS(=O)(=O)CBr)cs1. The van der Waals surface area contributed by atoms with E-state index in [2.05, 4.69) is 25.6 Å². The molecule has 0 spiro atoms. The number of hydrogen-bond donors (Lipinski definition) is 2. The summed E-state index contributed by atoms with van der Waals surface area (Å²) in [5.74, 6) is 0. The Kier molecular flexibility index (Phi) is 3.65. The lowest BCUT2D eigenvalue weighted by Gasteiger charge is -2.00. The summed E-state index contributed by atoms with van der Waals surface area (Å²) in [6.07, 6.45) is 0. The zero-order valence-corrected chi connectivity index (χ0v) is 9.63. The maximum absolute atomic E-state index is 10.9. The number of halogens is 1. The second kappa shape index (κ2) is 4.36. The van der Waals surface area contributed by atoms with Gasteiger partial charge in [-0.1, -0.05) is 27.3 Å². The van der Waals surface area contributed by atoms with Crippen LogP contribution in [0.15, 0.2) is 10.2 Å². The van der Waals surface area contributed by atoms with Crippen molar-refractivity contribution in [2.75, 3.05) is 4.66 Å². The van der Waals surface area contributed by atoms with Gasteiger partial charge in [0.1, 0.15) is 4.66 Å². The summed E-state index contributed by atoms with van der Waals surface area (Å²) in [7, 11) is -3.26. The van der Waals surface area contributed by atoms with Crippen molar-refractivity contribution in [2.24, 2.45) is 0 Å². The Hall–Kier alpha value is -0.180. The molecule has 1 aromatic rings. The van der Waals surface area contributed by atoms with Crippen LogP contribution < -0.4 is 9.60 Å². The number of sulfonamides is 1. The van der Waals surface area contributed by atoms with E-state index in [-0.39, 0.29) is 16.1 Å². The first kappa shape index (κ1) is 10.9. The summed E-state index contributed by atoms with van der Waals surface area (Å²) in [5.41, 5.74) is 0.569. The van der Waals surface area contributed by atoms with Crippen molar-refractivity contribution in [1.82, 2.24) is 9.71 Å². The van der Waals surface area contributed by atoms with Crippen LogP contribution in [0, 0.1) is 0 Å². The third-order valence-corrected chi connectivity index (χ3v) is 4.60. The zero-order chi connectivity index (χ0) is 9.90. The molecular formula is C5H7BrN2O3S2. The first-order valence-corrected chi connectivity index (χ1v) is 6.89. The van der Waals surface area contributed by atoms with Gasteiger partial charge in [-0.15, -0.1) is 0 Å². The molecule has 1 rings (SSSR count). The van der Waals surface area contributed by atoms with E-state index in [0.29, 0.717) is 5.69 Å². The van der Waals surface area contributed by atoms with Crippen molar-refractivity contribution >= 4 is 37.3 Å². The molecule has 0 aliphatic rings. The molecule has 0 aliphatic heterocycles. The fraction of sp³-hybridized carbons (Fsp3) is 0.400. The molecule has 13 heavy (non-hydrogen) atoms. The van der Waals surface area contributed by atoms with Crippen molar-refractivity contribution in [3.05, 3.63) is 20.7 Å². The van der Waals surface area contributed by atoms with Crippen molar-refractivity contribution in [2.45, 2.75) is 6.54 Å². The minimum Gasteiger partial charge on any atom is -0.315 e. The molecule has 0 atom stereocenters. The van der Waals surface area contributed by atoms with Crippen LogP contribution in [0.4, 0.5) is 0 Å². The summed E-state index contributed by atoms with van der Waals surface area (Å²) in [6, 6.07) is 0. The lowest BCUT2D eigenvalue weighted by atomic mass is 10.5. The van der Waals surface area contributed by atoms with Crippen LogP contribution in [-0.2, 0) is 16.6 Å². The maximum atomic E-state index is 10.9. The summed E-state index contributed by atoms with van der Waals surface area (Å²) in [5, 5.41) is 1.58. The number of hydrogen-bond acceptors (Lipinski definition) is 4. The Morgan fingerprint density at radius 3 is 2.77 bits per heavy atom. The summed E-state index contributed by atoms with van der Waals surface area (Å²) < 4.78 is 24.0. The van der Waals surface area contributed by atoms with Gasteiger partial charge in [-0.05, 0) is 0 Å². The molecule has 74 valence electrons. The van der Waals surface area contributed by atoms with Gasteiger partial charge in [0, 0.05) is 11.1 Å². The van der Waals surface area contributed by atoms with Gasteiger partial charge in [0.2, 0.25) is 10.0 Å². The molecule has 2 N–H and O–H groups in total. The van der Waals surface area contributed by atoms with Crippen LogP contribution in [0.25, 0.3) is 0 Å². The molecule has 0 unspecified atom stereocenters.